The Balaban J connectivity index is 2.46. The van der Waals surface area contributed by atoms with Crippen LogP contribution in [0.1, 0.15) is 12.6 Å². The Bertz CT molecular complexity index is 229. The van der Waals surface area contributed by atoms with Crippen molar-refractivity contribution in [2.45, 2.75) is 20.4 Å². The summed E-state index contributed by atoms with van der Waals surface area (Å²) < 4.78 is 2.04. The molecule has 1 atom stereocenters. The van der Waals surface area contributed by atoms with Crippen LogP contribution in [0.5, 0.6) is 0 Å². The number of aryl methyl sites for hydroxylation is 1. The summed E-state index contributed by atoms with van der Waals surface area (Å²) >= 11 is 0. The molecule has 0 saturated carbocycles. The first kappa shape index (κ1) is 9.26. The Morgan fingerprint density at radius 2 is 2.42 bits per heavy atom. The van der Waals surface area contributed by atoms with Gasteiger partial charge in [0.25, 0.3) is 0 Å². The number of nitrogens with zero attached hydrogens (tertiary/aromatic N) is 2. The van der Waals surface area contributed by atoms with Crippen molar-refractivity contribution in [3.63, 3.8) is 0 Å². The first-order valence-electron chi connectivity index (χ1n) is 4.37. The highest BCUT2D eigenvalue weighted by Crippen LogP contribution is 2.01. The van der Waals surface area contributed by atoms with E-state index in [1.807, 2.05) is 24.0 Å². The molecular weight excluding hydrogens is 150 g/mol. The van der Waals surface area contributed by atoms with E-state index in [2.05, 4.69) is 24.3 Å². The molecule has 0 saturated heterocycles. The second kappa shape index (κ2) is 4.26. The van der Waals surface area contributed by atoms with Gasteiger partial charge in [0.15, 0.2) is 0 Å². The number of rotatable bonds is 4. The Morgan fingerprint density at radius 1 is 1.67 bits per heavy atom. The lowest BCUT2D eigenvalue weighted by atomic mass is 10.2. The van der Waals surface area contributed by atoms with Gasteiger partial charge in [-0.25, -0.2) is 0 Å². The molecule has 1 rings (SSSR count). The van der Waals surface area contributed by atoms with Crippen molar-refractivity contribution in [3.8, 4) is 0 Å². The molecule has 0 amide bonds. The highest BCUT2D eigenvalue weighted by Gasteiger charge is 2.03. The molecule has 0 aromatic carbocycles. The summed E-state index contributed by atoms with van der Waals surface area (Å²) in [6.45, 7) is 6.34. The summed E-state index contributed by atoms with van der Waals surface area (Å²) in [5, 5.41) is 7.39. The molecule has 0 aliphatic carbocycles. The Kier molecular flexibility index (Phi) is 3.29. The van der Waals surface area contributed by atoms with E-state index in [9.17, 15) is 0 Å². The molecule has 0 bridgehead atoms. The topological polar surface area (TPSA) is 29.9 Å². The summed E-state index contributed by atoms with van der Waals surface area (Å²) in [7, 11) is 1.98. The summed E-state index contributed by atoms with van der Waals surface area (Å²) in [4.78, 5) is 0. The van der Waals surface area contributed by atoms with E-state index in [1.165, 1.54) is 5.69 Å². The van der Waals surface area contributed by atoms with E-state index in [4.69, 9.17) is 0 Å². The van der Waals surface area contributed by atoms with Crippen LogP contribution in [0, 0.1) is 12.8 Å². The van der Waals surface area contributed by atoms with Gasteiger partial charge in [-0.1, -0.05) is 6.92 Å². The smallest absolute Gasteiger partial charge is 0.0492 e. The average Bonchev–Trinajstić information content (AvgIpc) is 2.37. The van der Waals surface area contributed by atoms with Gasteiger partial charge in [-0.05, 0) is 32.5 Å². The molecular formula is C9H17N3. The largest absolute Gasteiger partial charge is 0.319 e. The lowest BCUT2D eigenvalue weighted by molar-refractivity contribution is 0.429. The molecule has 0 fully saturated rings. The molecule has 1 aromatic heterocycles. The van der Waals surface area contributed by atoms with Crippen LogP contribution in [0.15, 0.2) is 12.3 Å². The summed E-state index contributed by atoms with van der Waals surface area (Å²) in [5.41, 5.74) is 1.23. The number of nitrogens with one attached hydrogen (secondary N) is 1. The summed E-state index contributed by atoms with van der Waals surface area (Å²) in [6, 6.07) is 2.03. The quantitative estimate of drug-likeness (QED) is 0.726. The second-order valence-electron chi connectivity index (χ2n) is 3.32. The molecule has 1 heterocycles. The van der Waals surface area contributed by atoms with E-state index in [0.29, 0.717) is 5.92 Å². The van der Waals surface area contributed by atoms with Gasteiger partial charge in [-0.3, -0.25) is 4.68 Å². The van der Waals surface area contributed by atoms with Gasteiger partial charge in [0.1, 0.15) is 0 Å². The fourth-order valence-electron chi connectivity index (χ4n) is 1.30. The van der Waals surface area contributed by atoms with Gasteiger partial charge in [0.05, 0.1) is 0 Å². The summed E-state index contributed by atoms with van der Waals surface area (Å²) in [6.07, 6.45) is 1.85. The van der Waals surface area contributed by atoms with E-state index in [1.54, 1.807) is 0 Å². The van der Waals surface area contributed by atoms with Crippen LogP contribution in [0.2, 0.25) is 0 Å². The zero-order valence-electron chi connectivity index (χ0n) is 8.04. The van der Waals surface area contributed by atoms with Crippen molar-refractivity contribution in [2.75, 3.05) is 13.6 Å². The minimum Gasteiger partial charge on any atom is -0.319 e. The van der Waals surface area contributed by atoms with E-state index < -0.39 is 0 Å². The third-order valence-corrected chi connectivity index (χ3v) is 1.97. The maximum absolute atomic E-state index is 4.23. The van der Waals surface area contributed by atoms with Gasteiger partial charge in [0, 0.05) is 18.4 Å². The molecule has 1 aromatic rings. The molecule has 0 spiro atoms. The van der Waals surface area contributed by atoms with Gasteiger partial charge >= 0.3 is 0 Å². The Hall–Kier alpha value is -0.830. The summed E-state index contributed by atoms with van der Waals surface area (Å²) in [5.74, 6) is 0.633. The Morgan fingerprint density at radius 3 is 2.92 bits per heavy atom. The molecule has 0 radical (unpaired) electrons. The fraction of sp³-hybridized carbons (Fsp3) is 0.667. The number of hydrogen-bond donors (Lipinski definition) is 1. The zero-order chi connectivity index (χ0) is 8.97. The van der Waals surface area contributed by atoms with Gasteiger partial charge < -0.3 is 5.32 Å². The van der Waals surface area contributed by atoms with Crippen LogP contribution >= 0.6 is 0 Å². The highest BCUT2D eigenvalue weighted by atomic mass is 15.3. The first-order valence-corrected chi connectivity index (χ1v) is 4.37. The van der Waals surface area contributed by atoms with Crippen molar-refractivity contribution in [1.82, 2.24) is 15.1 Å². The SMILES string of the molecule is CNCC(C)Cn1nccc1C. The predicted octanol–water partition coefficient (Wildman–Crippen LogP) is 1.05. The van der Waals surface area contributed by atoms with Gasteiger partial charge in [-0.2, -0.15) is 5.10 Å². The third kappa shape index (κ3) is 2.34. The van der Waals surface area contributed by atoms with Crippen LogP contribution in [0.3, 0.4) is 0 Å². The standard InChI is InChI=1S/C9H17N3/c1-8(6-10-3)7-12-9(2)4-5-11-12/h4-5,8,10H,6-7H2,1-3H3. The van der Waals surface area contributed by atoms with E-state index in [-0.39, 0.29) is 0 Å². The average molecular weight is 167 g/mol. The number of aromatic nitrogens is 2. The normalized spacial score (nSPS) is 13.2. The minimum absolute atomic E-state index is 0.633. The van der Waals surface area contributed by atoms with Crippen LogP contribution in [0.4, 0.5) is 0 Å². The fourth-order valence-corrected chi connectivity index (χ4v) is 1.30. The monoisotopic (exact) mass is 167 g/mol. The molecule has 0 aliphatic heterocycles. The van der Waals surface area contributed by atoms with Crippen LogP contribution in [-0.2, 0) is 6.54 Å². The molecule has 12 heavy (non-hydrogen) atoms. The first-order chi connectivity index (χ1) is 5.74. The molecule has 3 heteroatoms. The number of hydrogen-bond acceptors (Lipinski definition) is 2. The maximum Gasteiger partial charge on any atom is 0.0492 e. The molecule has 1 unspecified atom stereocenters. The van der Waals surface area contributed by atoms with Crippen molar-refractivity contribution in [3.05, 3.63) is 18.0 Å². The van der Waals surface area contributed by atoms with Crippen molar-refractivity contribution in [1.29, 1.82) is 0 Å². The van der Waals surface area contributed by atoms with Crippen LogP contribution in [-0.4, -0.2) is 23.4 Å². The molecule has 1 N–H and O–H groups in total. The molecule has 68 valence electrons. The zero-order valence-corrected chi connectivity index (χ0v) is 8.04. The van der Waals surface area contributed by atoms with Gasteiger partial charge in [0.2, 0.25) is 0 Å². The predicted molar refractivity (Wildman–Crippen MR) is 50.1 cm³/mol. The van der Waals surface area contributed by atoms with E-state index >= 15 is 0 Å². The second-order valence-corrected chi connectivity index (χ2v) is 3.32. The maximum atomic E-state index is 4.23. The van der Waals surface area contributed by atoms with E-state index in [0.717, 1.165) is 13.1 Å². The van der Waals surface area contributed by atoms with Crippen LogP contribution < -0.4 is 5.32 Å². The van der Waals surface area contributed by atoms with Gasteiger partial charge in [-0.15, -0.1) is 0 Å². The Labute approximate surface area is 73.8 Å². The third-order valence-electron chi connectivity index (χ3n) is 1.97. The highest BCUT2D eigenvalue weighted by molar-refractivity contribution is 4.96. The van der Waals surface area contributed by atoms with Crippen molar-refractivity contribution >= 4 is 0 Å². The molecule has 3 nitrogen and oxygen atoms in total. The lowest BCUT2D eigenvalue weighted by Gasteiger charge is -2.11. The lowest BCUT2D eigenvalue weighted by Crippen LogP contribution is -2.21. The van der Waals surface area contributed by atoms with Crippen molar-refractivity contribution in [2.24, 2.45) is 5.92 Å². The minimum atomic E-state index is 0.633. The van der Waals surface area contributed by atoms with Crippen LogP contribution in [0.25, 0.3) is 0 Å². The molecule has 0 aliphatic rings. The van der Waals surface area contributed by atoms with Crippen molar-refractivity contribution < 1.29 is 0 Å².